The smallest absolute Gasteiger partial charge is 0.261 e. The van der Waals surface area contributed by atoms with Crippen LogP contribution in [0.4, 0.5) is 15.8 Å². The molecule has 0 aliphatic carbocycles. The van der Waals surface area contributed by atoms with Crippen LogP contribution < -0.4 is 9.62 Å². The van der Waals surface area contributed by atoms with Gasteiger partial charge in [0.1, 0.15) is 11.2 Å². The summed E-state index contributed by atoms with van der Waals surface area (Å²) in [4.78, 5) is 14.4. The number of hydrogen-bond acceptors (Lipinski definition) is 4. The summed E-state index contributed by atoms with van der Waals surface area (Å²) >= 11 is 1.50. The number of carbonyl (C=O) groups is 1. The van der Waals surface area contributed by atoms with Crippen LogP contribution in [0.3, 0.4) is 0 Å². The molecule has 3 aromatic carbocycles. The second-order valence-electron chi connectivity index (χ2n) is 7.86. The number of carbonyl (C=O) groups excluding carboxylic acids is 1. The first-order valence-corrected chi connectivity index (χ1v) is 12.7. The van der Waals surface area contributed by atoms with Crippen LogP contribution in [0, 0.1) is 5.82 Å². The van der Waals surface area contributed by atoms with Gasteiger partial charge < -0.3 is 0 Å². The fourth-order valence-electron chi connectivity index (χ4n) is 3.55. The Morgan fingerprint density at radius 3 is 2.38 bits per heavy atom. The largest absolute Gasteiger partial charge is 0.295 e. The highest BCUT2D eigenvalue weighted by Crippen LogP contribution is 2.42. The Kier molecular flexibility index (Phi) is 6.26. The lowest BCUT2D eigenvalue weighted by atomic mass is 10.0. The Morgan fingerprint density at radius 2 is 1.72 bits per heavy atom. The fraction of sp³-hybridized carbons (Fsp3) is 0.208. The summed E-state index contributed by atoms with van der Waals surface area (Å²) in [6.07, 6.45) is 0. The zero-order valence-corrected chi connectivity index (χ0v) is 19.3. The second kappa shape index (κ2) is 8.96. The van der Waals surface area contributed by atoms with Crippen LogP contribution in [-0.2, 0) is 14.8 Å². The topological polar surface area (TPSA) is 66.5 Å². The molecular formula is C24H23FN2O3S2. The van der Waals surface area contributed by atoms with Crippen LogP contribution >= 0.6 is 11.8 Å². The third kappa shape index (κ3) is 4.66. The van der Waals surface area contributed by atoms with Gasteiger partial charge in [0.2, 0.25) is 5.91 Å². The van der Waals surface area contributed by atoms with Gasteiger partial charge in [0.15, 0.2) is 0 Å². The van der Waals surface area contributed by atoms with Crippen molar-refractivity contribution in [3.05, 3.63) is 89.7 Å². The normalized spacial score (nSPS) is 16.6. The van der Waals surface area contributed by atoms with Crippen LogP contribution in [0.15, 0.2) is 77.7 Å². The molecule has 0 bridgehead atoms. The lowest BCUT2D eigenvalue weighted by Crippen LogP contribution is -2.27. The molecule has 1 amide bonds. The van der Waals surface area contributed by atoms with E-state index in [2.05, 4.69) is 18.6 Å². The van der Waals surface area contributed by atoms with Crippen molar-refractivity contribution in [2.24, 2.45) is 0 Å². The minimum absolute atomic E-state index is 0.00888. The molecule has 3 aromatic rings. The third-order valence-electron chi connectivity index (χ3n) is 5.25. The fourth-order valence-corrected chi connectivity index (χ4v) is 5.77. The second-order valence-corrected chi connectivity index (χ2v) is 10.6. The summed E-state index contributed by atoms with van der Waals surface area (Å²) in [5.74, 6) is 0.251. The number of nitrogens with zero attached hydrogens (tertiary/aromatic N) is 1. The van der Waals surface area contributed by atoms with E-state index < -0.39 is 15.8 Å². The van der Waals surface area contributed by atoms with E-state index in [0.29, 0.717) is 17.4 Å². The zero-order valence-electron chi connectivity index (χ0n) is 17.7. The number of amides is 1. The van der Waals surface area contributed by atoms with Crippen molar-refractivity contribution >= 4 is 39.1 Å². The van der Waals surface area contributed by atoms with Gasteiger partial charge in [0.05, 0.1) is 10.6 Å². The monoisotopic (exact) mass is 470 g/mol. The van der Waals surface area contributed by atoms with Crippen LogP contribution in [0.1, 0.15) is 36.3 Å². The maximum atomic E-state index is 13.1. The number of sulfonamides is 1. The molecule has 1 aliphatic heterocycles. The highest BCUT2D eigenvalue weighted by molar-refractivity contribution is 8.00. The van der Waals surface area contributed by atoms with E-state index in [0.717, 1.165) is 23.4 Å². The minimum Gasteiger partial charge on any atom is -0.295 e. The highest BCUT2D eigenvalue weighted by atomic mass is 32.2. The number of benzene rings is 3. The standard InChI is InChI=1S/C24H23FN2O3S2/c1-16(2)17-6-10-21(11-7-17)27-23(28)15-31-24(27)18-4-3-5-20(14-18)26-32(29,30)22-12-8-19(25)9-13-22/h3-14,16,24,26H,15H2,1-2H3/t24-/m1/s1. The number of rotatable bonds is 6. The van der Waals surface area contributed by atoms with Crippen LogP contribution in [0.25, 0.3) is 0 Å². The first-order chi connectivity index (χ1) is 15.2. The Balaban J connectivity index is 1.60. The molecule has 4 rings (SSSR count). The number of anilines is 2. The molecular weight excluding hydrogens is 447 g/mol. The first kappa shape index (κ1) is 22.4. The average molecular weight is 471 g/mol. The van der Waals surface area contributed by atoms with E-state index in [1.165, 1.54) is 29.5 Å². The molecule has 1 saturated heterocycles. The van der Waals surface area contributed by atoms with E-state index in [4.69, 9.17) is 0 Å². The summed E-state index contributed by atoms with van der Waals surface area (Å²) < 4.78 is 41.0. The highest BCUT2D eigenvalue weighted by Gasteiger charge is 2.34. The molecule has 8 heteroatoms. The third-order valence-corrected chi connectivity index (χ3v) is 7.86. The molecule has 5 nitrogen and oxygen atoms in total. The van der Waals surface area contributed by atoms with E-state index in [1.807, 2.05) is 30.3 Å². The molecule has 1 atom stereocenters. The van der Waals surface area contributed by atoms with Gasteiger partial charge in [0.25, 0.3) is 10.0 Å². The van der Waals surface area contributed by atoms with Gasteiger partial charge >= 0.3 is 0 Å². The van der Waals surface area contributed by atoms with Gasteiger partial charge in [-0.1, -0.05) is 38.1 Å². The predicted octanol–water partition coefficient (Wildman–Crippen LogP) is 5.53. The summed E-state index contributed by atoms with van der Waals surface area (Å²) in [7, 11) is -3.86. The first-order valence-electron chi connectivity index (χ1n) is 10.2. The van der Waals surface area contributed by atoms with Gasteiger partial charge in [-0.15, -0.1) is 11.8 Å². The molecule has 1 N–H and O–H groups in total. The number of thioether (sulfide) groups is 1. The summed E-state index contributed by atoms with van der Waals surface area (Å²) in [5.41, 5.74) is 3.20. The molecule has 0 saturated carbocycles. The number of halogens is 1. The van der Waals surface area contributed by atoms with Crippen molar-refractivity contribution in [3.8, 4) is 0 Å². The van der Waals surface area contributed by atoms with Gasteiger partial charge in [0, 0.05) is 11.4 Å². The maximum absolute atomic E-state index is 13.1. The number of hydrogen-bond donors (Lipinski definition) is 1. The lowest BCUT2D eigenvalue weighted by molar-refractivity contribution is -0.115. The van der Waals surface area contributed by atoms with Crippen molar-refractivity contribution in [2.45, 2.75) is 30.0 Å². The molecule has 0 unspecified atom stereocenters. The minimum atomic E-state index is -3.86. The Morgan fingerprint density at radius 1 is 1.03 bits per heavy atom. The molecule has 0 radical (unpaired) electrons. The zero-order chi connectivity index (χ0) is 22.9. The molecule has 166 valence electrons. The van der Waals surface area contributed by atoms with Crippen molar-refractivity contribution in [1.29, 1.82) is 0 Å². The van der Waals surface area contributed by atoms with Crippen molar-refractivity contribution in [3.63, 3.8) is 0 Å². The Hall–Kier alpha value is -2.84. The average Bonchev–Trinajstić information content (AvgIpc) is 3.15. The molecule has 1 aliphatic rings. The molecule has 1 fully saturated rings. The van der Waals surface area contributed by atoms with Gasteiger partial charge in [-0.2, -0.15) is 0 Å². The van der Waals surface area contributed by atoms with Crippen molar-refractivity contribution < 1.29 is 17.6 Å². The van der Waals surface area contributed by atoms with E-state index in [1.54, 1.807) is 23.1 Å². The van der Waals surface area contributed by atoms with Crippen LogP contribution in [0.2, 0.25) is 0 Å². The summed E-state index contributed by atoms with van der Waals surface area (Å²) in [6, 6.07) is 19.6. The Bertz CT molecular complexity index is 1230. The molecule has 0 aromatic heterocycles. The molecule has 0 spiro atoms. The van der Waals surface area contributed by atoms with Gasteiger partial charge in [-0.3, -0.25) is 14.4 Å². The lowest BCUT2D eigenvalue weighted by Gasteiger charge is -2.25. The Labute approximate surface area is 191 Å². The van der Waals surface area contributed by atoms with Gasteiger partial charge in [-0.05, 0) is 65.6 Å². The quantitative estimate of drug-likeness (QED) is 0.515. The number of nitrogens with one attached hydrogen (secondary N) is 1. The van der Waals surface area contributed by atoms with Gasteiger partial charge in [-0.25, -0.2) is 12.8 Å². The van der Waals surface area contributed by atoms with Crippen molar-refractivity contribution in [1.82, 2.24) is 0 Å². The van der Waals surface area contributed by atoms with Crippen LogP contribution in [0.5, 0.6) is 0 Å². The predicted molar refractivity (Wildman–Crippen MR) is 127 cm³/mol. The van der Waals surface area contributed by atoms with E-state index >= 15 is 0 Å². The molecule has 32 heavy (non-hydrogen) atoms. The summed E-state index contributed by atoms with van der Waals surface area (Å²) in [5, 5.41) is -0.261. The van der Waals surface area contributed by atoms with Crippen molar-refractivity contribution in [2.75, 3.05) is 15.4 Å². The SMILES string of the molecule is CC(C)c1ccc(N2C(=O)CS[C@@H]2c2cccc(NS(=O)(=O)c3ccc(F)cc3)c2)cc1. The van der Waals surface area contributed by atoms with E-state index in [9.17, 15) is 17.6 Å². The van der Waals surface area contributed by atoms with Crippen LogP contribution in [-0.4, -0.2) is 20.1 Å². The maximum Gasteiger partial charge on any atom is 0.261 e. The van der Waals surface area contributed by atoms with E-state index in [-0.39, 0.29) is 16.2 Å². The molecule has 1 heterocycles. The summed E-state index contributed by atoms with van der Waals surface area (Å²) in [6.45, 7) is 4.24.